The molecule has 0 amide bonds. The molecule has 1 aromatic rings. The molecule has 0 unspecified atom stereocenters. The molecule has 0 aliphatic carbocycles. The quantitative estimate of drug-likeness (QED) is 0.823. The molecule has 0 atom stereocenters. The van der Waals surface area contributed by atoms with Crippen LogP contribution in [0.5, 0.6) is 0 Å². The van der Waals surface area contributed by atoms with Crippen LogP contribution in [-0.2, 0) is 0 Å². The van der Waals surface area contributed by atoms with Gasteiger partial charge in [-0.2, -0.15) is 0 Å². The molecule has 0 bridgehead atoms. The maximum atomic E-state index is 10.6. The second kappa shape index (κ2) is 5.37. The van der Waals surface area contributed by atoms with Gasteiger partial charge in [0.1, 0.15) is 5.82 Å². The molecule has 0 spiro atoms. The van der Waals surface area contributed by atoms with Crippen LogP contribution in [0, 0.1) is 11.8 Å². The Morgan fingerprint density at radius 3 is 3.00 bits per heavy atom. The summed E-state index contributed by atoms with van der Waals surface area (Å²) in [6, 6.07) is 1.50. The van der Waals surface area contributed by atoms with Crippen LogP contribution < -0.4 is 5.32 Å². The van der Waals surface area contributed by atoms with E-state index in [2.05, 4.69) is 38.1 Å². The Morgan fingerprint density at radius 2 is 2.47 bits per heavy atom. The van der Waals surface area contributed by atoms with Crippen LogP contribution in [0.25, 0.3) is 0 Å². The van der Waals surface area contributed by atoms with E-state index in [1.807, 2.05) is 0 Å². The van der Waals surface area contributed by atoms with Crippen LogP contribution in [0.4, 0.5) is 5.82 Å². The van der Waals surface area contributed by atoms with Gasteiger partial charge < -0.3 is 10.4 Å². The Labute approximate surface area is 95.8 Å². The third kappa shape index (κ3) is 3.26. The Morgan fingerprint density at radius 1 is 1.73 bits per heavy atom. The van der Waals surface area contributed by atoms with Crippen molar-refractivity contribution in [1.82, 2.24) is 4.98 Å². The van der Waals surface area contributed by atoms with Gasteiger partial charge in [0.05, 0.1) is 16.6 Å². The maximum Gasteiger partial charge on any atom is 0.337 e. The number of carboxylic acid groups (broad SMARTS) is 1. The smallest absolute Gasteiger partial charge is 0.337 e. The molecule has 1 rings (SSSR count). The lowest BCUT2D eigenvalue weighted by atomic mass is 10.3. The van der Waals surface area contributed by atoms with Gasteiger partial charge in [-0.3, -0.25) is 0 Å². The van der Waals surface area contributed by atoms with E-state index in [1.54, 1.807) is 6.92 Å². The molecule has 5 heteroatoms. The minimum Gasteiger partial charge on any atom is -0.478 e. The molecule has 0 saturated carbocycles. The summed E-state index contributed by atoms with van der Waals surface area (Å²) in [5.74, 6) is 5.15. The van der Waals surface area contributed by atoms with Crippen LogP contribution in [0.2, 0.25) is 0 Å². The van der Waals surface area contributed by atoms with E-state index in [9.17, 15) is 4.79 Å². The van der Waals surface area contributed by atoms with Gasteiger partial charge in [0.15, 0.2) is 0 Å². The Balaban J connectivity index is 2.82. The van der Waals surface area contributed by atoms with Gasteiger partial charge in [-0.05, 0) is 28.9 Å². The fourth-order valence-corrected chi connectivity index (χ4v) is 1.39. The first kappa shape index (κ1) is 11.5. The number of anilines is 1. The standard InChI is InChI=1S/C10H9BrN2O2/c1-2-3-4-12-9-8(11)5-7(6-13-9)10(14)15/h5-6H,4H2,1H3,(H,12,13)(H,14,15). The van der Waals surface area contributed by atoms with Crippen LogP contribution in [0.3, 0.4) is 0 Å². The zero-order valence-corrected chi connectivity index (χ0v) is 9.63. The van der Waals surface area contributed by atoms with Crippen molar-refractivity contribution < 1.29 is 9.90 Å². The minimum atomic E-state index is -0.997. The average molecular weight is 269 g/mol. The SMILES string of the molecule is CC#CCNc1ncc(C(=O)O)cc1Br. The van der Waals surface area contributed by atoms with Crippen molar-refractivity contribution in [2.24, 2.45) is 0 Å². The largest absolute Gasteiger partial charge is 0.478 e. The lowest BCUT2D eigenvalue weighted by Crippen LogP contribution is -2.04. The first-order chi connectivity index (χ1) is 7.15. The Kier molecular flexibility index (Phi) is 4.13. The van der Waals surface area contributed by atoms with Crippen molar-refractivity contribution in [2.45, 2.75) is 6.92 Å². The van der Waals surface area contributed by atoms with Crippen LogP contribution in [0.15, 0.2) is 16.7 Å². The molecule has 4 nitrogen and oxygen atoms in total. The van der Waals surface area contributed by atoms with Gasteiger partial charge in [0.25, 0.3) is 0 Å². The number of aromatic nitrogens is 1. The van der Waals surface area contributed by atoms with E-state index in [1.165, 1.54) is 12.3 Å². The van der Waals surface area contributed by atoms with Crippen molar-refractivity contribution in [3.8, 4) is 11.8 Å². The fourth-order valence-electron chi connectivity index (χ4n) is 0.901. The van der Waals surface area contributed by atoms with E-state index < -0.39 is 5.97 Å². The van der Waals surface area contributed by atoms with Crippen molar-refractivity contribution >= 4 is 27.7 Å². The molecule has 0 aromatic carbocycles. The molecule has 0 radical (unpaired) electrons. The second-order valence-electron chi connectivity index (χ2n) is 2.64. The molecule has 15 heavy (non-hydrogen) atoms. The molecule has 0 aliphatic rings. The predicted octanol–water partition coefficient (Wildman–Crippen LogP) is 1.98. The van der Waals surface area contributed by atoms with Crippen molar-refractivity contribution in [3.63, 3.8) is 0 Å². The molecule has 78 valence electrons. The van der Waals surface area contributed by atoms with Crippen LogP contribution in [-0.4, -0.2) is 22.6 Å². The molecule has 1 aromatic heterocycles. The number of rotatable bonds is 3. The van der Waals surface area contributed by atoms with Crippen molar-refractivity contribution in [3.05, 3.63) is 22.3 Å². The number of nitrogens with one attached hydrogen (secondary N) is 1. The zero-order chi connectivity index (χ0) is 11.3. The first-order valence-corrected chi connectivity index (χ1v) is 4.96. The number of carboxylic acids is 1. The summed E-state index contributed by atoms with van der Waals surface area (Å²) < 4.78 is 0.611. The summed E-state index contributed by atoms with van der Waals surface area (Å²) >= 11 is 3.23. The highest BCUT2D eigenvalue weighted by molar-refractivity contribution is 9.10. The highest BCUT2D eigenvalue weighted by atomic mass is 79.9. The van der Waals surface area contributed by atoms with Gasteiger partial charge in [0, 0.05) is 6.20 Å². The number of carbonyl (C=O) groups is 1. The van der Waals surface area contributed by atoms with E-state index in [-0.39, 0.29) is 5.56 Å². The third-order valence-electron chi connectivity index (χ3n) is 1.61. The number of pyridine rings is 1. The third-order valence-corrected chi connectivity index (χ3v) is 2.21. The zero-order valence-electron chi connectivity index (χ0n) is 8.04. The van der Waals surface area contributed by atoms with Crippen LogP contribution >= 0.6 is 15.9 Å². The molecule has 0 aliphatic heterocycles. The van der Waals surface area contributed by atoms with E-state index in [0.29, 0.717) is 16.8 Å². The summed E-state index contributed by atoms with van der Waals surface area (Å²) in [5, 5.41) is 11.7. The fraction of sp³-hybridized carbons (Fsp3) is 0.200. The second-order valence-corrected chi connectivity index (χ2v) is 3.49. The molecule has 0 saturated heterocycles. The van der Waals surface area contributed by atoms with Crippen LogP contribution in [0.1, 0.15) is 17.3 Å². The van der Waals surface area contributed by atoms with Crippen molar-refractivity contribution in [1.29, 1.82) is 0 Å². The summed E-state index contributed by atoms with van der Waals surface area (Å²) in [5.41, 5.74) is 0.147. The maximum absolute atomic E-state index is 10.6. The Hall–Kier alpha value is -1.54. The monoisotopic (exact) mass is 268 g/mol. The van der Waals surface area contributed by atoms with Crippen molar-refractivity contribution in [2.75, 3.05) is 11.9 Å². The Bertz CT molecular complexity index is 435. The lowest BCUT2D eigenvalue weighted by Gasteiger charge is -2.04. The number of hydrogen-bond acceptors (Lipinski definition) is 3. The highest BCUT2D eigenvalue weighted by Crippen LogP contribution is 2.20. The van der Waals surface area contributed by atoms with Gasteiger partial charge in [-0.25, -0.2) is 9.78 Å². The van der Waals surface area contributed by atoms with E-state index >= 15 is 0 Å². The van der Waals surface area contributed by atoms with Gasteiger partial charge in [-0.15, -0.1) is 5.92 Å². The lowest BCUT2D eigenvalue weighted by molar-refractivity contribution is 0.0696. The number of aromatic carboxylic acids is 1. The van der Waals surface area contributed by atoms with E-state index in [4.69, 9.17) is 5.11 Å². The summed E-state index contributed by atoms with van der Waals surface area (Å²) in [6.45, 7) is 2.23. The average Bonchev–Trinajstić information content (AvgIpc) is 2.20. The topological polar surface area (TPSA) is 62.2 Å². The molecular weight excluding hydrogens is 260 g/mol. The van der Waals surface area contributed by atoms with Gasteiger partial charge >= 0.3 is 5.97 Å². The molecule has 1 heterocycles. The molecule has 2 N–H and O–H groups in total. The summed E-state index contributed by atoms with van der Waals surface area (Å²) in [6.07, 6.45) is 1.30. The number of hydrogen-bond donors (Lipinski definition) is 2. The van der Waals surface area contributed by atoms with E-state index in [0.717, 1.165) is 0 Å². The summed E-state index contributed by atoms with van der Waals surface area (Å²) in [7, 11) is 0. The highest BCUT2D eigenvalue weighted by Gasteiger charge is 2.06. The molecule has 0 fully saturated rings. The number of halogens is 1. The number of nitrogens with zero attached hydrogens (tertiary/aromatic N) is 1. The molecular formula is C10H9BrN2O2. The van der Waals surface area contributed by atoms with Gasteiger partial charge in [0.2, 0.25) is 0 Å². The minimum absolute atomic E-state index is 0.147. The summed E-state index contributed by atoms with van der Waals surface area (Å²) in [4.78, 5) is 14.6. The normalized spacial score (nSPS) is 8.93. The first-order valence-electron chi connectivity index (χ1n) is 4.17. The van der Waals surface area contributed by atoms with Gasteiger partial charge in [-0.1, -0.05) is 5.92 Å². The predicted molar refractivity (Wildman–Crippen MR) is 60.8 cm³/mol.